The number of phenols is 7. The van der Waals surface area contributed by atoms with Crippen LogP contribution in [0.1, 0.15) is 17.2 Å². The third-order valence-corrected chi connectivity index (χ3v) is 7.03. The zero-order valence-electron chi connectivity index (χ0n) is 20.9. The molecule has 2 atom stereocenters. The fourth-order valence-corrected chi connectivity index (χ4v) is 5.09. The number of hydrogen-bond donors (Lipinski definition) is 8. The Kier molecular flexibility index (Phi) is 5.82. The number of phenolic OH excluding ortho intramolecular Hbond substituents is 7. The highest BCUT2D eigenvalue weighted by molar-refractivity contribution is 5.96. The summed E-state index contributed by atoms with van der Waals surface area (Å²) in [6.45, 7) is 0. The summed E-state index contributed by atoms with van der Waals surface area (Å²) in [5.74, 6) is -3.15. The lowest BCUT2D eigenvalue weighted by Crippen LogP contribution is -2.30. The molecule has 0 saturated heterocycles. The van der Waals surface area contributed by atoms with Crippen LogP contribution < -0.4 is 10.2 Å². The normalized spacial score (nSPS) is 16.3. The molecule has 0 fully saturated rings. The van der Waals surface area contributed by atoms with Crippen molar-refractivity contribution in [2.75, 3.05) is 0 Å². The van der Waals surface area contributed by atoms with Crippen molar-refractivity contribution in [1.82, 2.24) is 0 Å². The Morgan fingerprint density at radius 3 is 2.15 bits per heavy atom. The van der Waals surface area contributed by atoms with Gasteiger partial charge in [-0.25, -0.2) is 0 Å². The molecule has 2 heterocycles. The number of rotatable bonds is 3. The average Bonchev–Trinajstić information content (AvgIpc) is 2.91. The molecule has 11 nitrogen and oxygen atoms in total. The van der Waals surface area contributed by atoms with E-state index in [0.717, 1.165) is 18.2 Å². The summed E-state index contributed by atoms with van der Waals surface area (Å²) in [4.78, 5) is 13.9. The largest absolute Gasteiger partial charge is 0.508 e. The number of hydrogen-bond acceptors (Lipinski definition) is 11. The Balaban J connectivity index is 1.58. The first kappa shape index (κ1) is 25.7. The molecule has 0 bridgehead atoms. The summed E-state index contributed by atoms with van der Waals surface area (Å²) in [5.41, 5.74) is -1.05. The maximum absolute atomic E-state index is 13.9. The summed E-state index contributed by atoms with van der Waals surface area (Å²) < 4.78 is 11.8. The van der Waals surface area contributed by atoms with E-state index in [9.17, 15) is 45.6 Å². The van der Waals surface area contributed by atoms with Crippen molar-refractivity contribution >= 4 is 11.0 Å². The minimum Gasteiger partial charge on any atom is -0.508 e. The predicted octanol–water partition coefficient (Wildman–Crippen LogP) is 4.10. The fraction of sp³-hybridized carbons (Fsp3) is 0.100. The number of fused-ring (bicyclic) bond motifs is 2. The maximum Gasteiger partial charge on any atom is 0.205 e. The summed E-state index contributed by atoms with van der Waals surface area (Å²) in [6, 6.07) is 12.7. The van der Waals surface area contributed by atoms with Crippen LogP contribution in [0.3, 0.4) is 0 Å². The van der Waals surface area contributed by atoms with Crippen molar-refractivity contribution in [3.8, 4) is 68.4 Å². The van der Waals surface area contributed by atoms with Gasteiger partial charge in [0.15, 0.2) is 11.5 Å². The van der Waals surface area contributed by atoms with Gasteiger partial charge in [0.1, 0.15) is 57.3 Å². The molecule has 0 amide bonds. The highest BCUT2D eigenvalue weighted by atomic mass is 16.5. The molecular weight excluding hydrogens is 536 g/mol. The molecule has 11 heteroatoms. The number of ether oxygens (including phenoxy) is 1. The van der Waals surface area contributed by atoms with E-state index < -0.39 is 40.6 Å². The Bertz CT molecular complexity index is 1910. The van der Waals surface area contributed by atoms with Crippen LogP contribution in [0, 0.1) is 0 Å². The second kappa shape index (κ2) is 9.28. The van der Waals surface area contributed by atoms with E-state index in [0.29, 0.717) is 5.56 Å². The molecule has 4 aromatic carbocycles. The molecular formula is C30H22O11. The zero-order valence-corrected chi connectivity index (χ0v) is 20.9. The highest BCUT2D eigenvalue weighted by Crippen LogP contribution is 2.50. The lowest BCUT2D eigenvalue weighted by atomic mass is 9.89. The molecule has 208 valence electrons. The molecule has 41 heavy (non-hydrogen) atoms. The van der Waals surface area contributed by atoms with Gasteiger partial charge in [-0.05, 0) is 42.0 Å². The standard InChI is InChI=1S/C30H22O11/c31-14-4-1-12(2-5-14)30-26(28(39)24-19(35)8-15(32)9-23(24)41-30)25-20(36)11-22-16(27(25)38)10-21(37)29(40-22)13-3-6-17(33)18(34)7-13/h1-9,11,21,29,31-38H,10H2/t21-,29-/m1/s1. The van der Waals surface area contributed by atoms with Crippen molar-refractivity contribution in [2.45, 2.75) is 18.6 Å². The van der Waals surface area contributed by atoms with Gasteiger partial charge in [0.25, 0.3) is 0 Å². The number of benzene rings is 4. The van der Waals surface area contributed by atoms with Gasteiger partial charge in [0.05, 0.1) is 17.2 Å². The molecule has 5 aromatic rings. The predicted molar refractivity (Wildman–Crippen MR) is 145 cm³/mol. The monoisotopic (exact) mass is 558 g/mol. The van der Waals surface area contributed by atoms with Gasteiger partial charge in [-0.15, -0.1) is 0 Å². The van der Waals surface area contributed by atoms with E-state index in [1.165, 1.54) is 42.5 Å². The minimum atomic E-state index is -1.24. The zero-order chi connectivity index (χ0) is 29.2. The van der Waals surface area contributed by atoms with Crippen LogP contribution >= 0.6 is 0 Å². The Morgan fingerprint density at radius 2 is 1.44 bits per heavy atom. The molecule has 1 aromatic heterocycles. The van der Waals surface area contributed by atoms with E-state index in [1.807, 2.05) is 0 Å². The first-order valence-electron chi connectivity index (χ1n) is 12.3. The van der Waals surface area contributed by atoms with Crippen LogP contribution in [-0.4, -0.2) is 47.0 Å². The maximum atomic E-state index is 13.9. The van der Waals surface area contributed by atoms with Gasteiger partial charge >= 0.3 is 0 Å². The first-order chi connectivity index (χ1) is 19.5. The summed E-state index contributed by atoms with van der Waals surface area (Å²) in [7, 11) is 0. The quantitative estimate of drug-likeness (QED) is 0.148. The second-order valence-electron chi connectivity index (χ2n) is 9.67. The third-order valence-electron chi connectivity index (χ3n) is 7.03. The van der Waals surface area contributed by atoms with Crippen molar-refractivity contribution in [3.05, 3.63) is 82.0 Å². The lowest BCUT2D eigenvalue weighted by molar-refractivity contribution is 0.0197. The third kappa shape index (κ3) is 4.15. The van der Waals surface area contributed by atoms with Crippen molar-refractivity contribution in [1.29, 1.82) is 0 Å². The van der Waals surface area contributed by atoms with E-state index in [4.69, 9.17) is 9.15 Å². The van der Waals surface area contributed by atoms with Crippen LogP contribution in [0.4, 0.5) is 0 Å². The Hall–Kier alpha value is -5.55. The Morgan fingerprint density at radius 1 is 0.707 bits per heavy atom. The van der Waals surface area contributed by atoms with Gasteiger partial charge in [-0.3, -0.25) is 4.79 Å². The molecule has 8 N–H and O–H groups in total. The number of aliphatic hydroxyl groups excluding tert-OH is 1. The SMILES string of the molecule is O=c1c(-c2c(O)cc3c(c2O)C[C@@H](O)[C@@H](c2ccc(O)c(O)c2)O3)c(-c2ccc(O)cc2)oc2cc(O)cc(O)c12. The Labute approximate surface area is 230 Å². The molecule has 1 aliphatic heterocycles. The average molecular weight is 558 g/mol. The molecule has 0 aliphatic carbocycles. The molecule has 6 rings (SSSR count). The van der Waals surface area contributed by atoms with Crippen molar-refractivity contribution in [3.63, 3.8) is 0 Å². The van der Waals surface area contributed by atoms with Gasteiger partial charge in [0.2, 0.25) is 5.43 Å². The smallest absolute Gasteiger partial charge is 0.205 e. The summed E-state index contributed by atoms with van der Waals surface area (Å²) in [5, 5.41) is 82.8. The fourth-order valence-electron chi connectivity index (χ4n) is 5.09. The van der Waals surface area contributed by atoms with E-state index >= 15 is 0 Å². The molecule has 0 saturated carbocycles. The van der Waals surface area contributed by atoms with Crippen LogP contribution in [0.15, 0.2) is 69.9 Å². The van der Waals surface area contributed by atoms with Crippen LogP contribution in [-0.2, 0) is 6.42 Å². The number of aliphatic hydroxyl groups is 1. The molecule has 1 aliphatic rings. The van der Waals surface area contributed by atoms with E-state index in [2.05, 4.69) is 0 Å². The van der Waals surface area contributed by atoms with Crippen molar-refractivity contribution in [2.24, 2.45) is 0 Å². The van der Waals surface area contributed by atoms with Gasteiger partial charge in [0, 0.05) is 35.7 Å². The van der Waals surface area contributed by atoms with Crippen molar-refractivity contribution < 1.29 is 50.0 Å². The molecule has 0 unspecified atom stereocenters. The van der Waals surface area contributed by atoms with Gasteiger partial charge in [-0.2, -0.15) is 0 Å². The highest BCUT2D eigenvalue weighted by Gasteiger charge is 2.35. The van der Waals surface area contributed by atoms with Gasteiger partial charge < -0.3 is 50.0 Å². The van der Waals surface area contributed by atoms with Crippen LogP contribution in [0.5, 0.6) is 46.0 Å². The first-order valence-corrected chi connectivity index (χ1v) is 12.3. The number of aromatic hydroxyl groups is 7. The minimum absolute atomic E-state index is 0.00394. The molecule has 0 radical (unpaired) electrons. The van der Waals surface area contributed by atoms with Crippen LogP contribution in [0.2, 0.25) is 0 Å². The van der Waals surface area contributed by atoms with Crippen LogP contribution in [0.25, 0.3) is 33.4 Å². The van der Waals surface area contributed by atoms with Gasteiger partial charge in [-0.1, -0.05) is 6.07 Å². The topological polar surface area (TPSA) is 201 Å². The van der Waals surface area contributed by atoms with E-state index in [-0.39, 0.29) is 68.4 Å². The summed E-state index contributed by atoms with van der Waals surface area (Å²) >= 11 is 0. The lowest BCUT2D eigenvalue weighted by Gasteiger charge is -2.32. The second-order valence-corrected chi connectivity index (χ2v) is 9.67. The van der Waals surface area contributed by atoms with E-state index in [1.54, 1.807) is 0 Å². The molecule has 0 spiro atoms. The summed E-state index contributed by atoms with van der Waals surface area (Å²) in [6.07, 6.45) is -2.46.